The lowest BCUT2D eigenvalue weighted by Crippen LogP contribution is -2.03. The fraction of sp³-hybridized carbons (Fsp3) is 0.333. The van der Waals surface area contributed by atoms with Gasteiger partial charge in [0.05, 0.1) is 0 Å². The van der Waals surface area contributed by atoms with Crippen molar-refractivity contribution >= 4 is 14.2 Å². The molecule has 0 bridgehead atoms. The van der Waals surface area contributed by atoms with Gasteiger partial charge >= 0.3 is 8.25 Å². The highest BCUT2D eigenvalue weighted by Crippen LogP contribution is 2.19. The second kappa shape index (κ2) is 5.91. The summed E-state index contributed by atoms with van der Waals surface area (Å²) in [7, 11) is -3.02. The van der Waals surface area contributed by atoms with Gasteiger partial charge in [-0.25, -0.2) is 4.79 Å². The molecule has 4 nitrogen and oxygen atoms in total. The zero-order valence-electron chi connectivity index (χ0n) is 5.61. The van der Waals surface area contributed by atoms with Gasteiger partial charge in [0.25, 0.3) is 0 Å². The van der Waals surface area contributed by atoms with Crippen LogP contribution in [0.5, 0.6) is 0 Å². The summed E-state index contributed by atoms with van der Waals surface area (Å²) in [4.78, 5) is 17.9. The Bertz CT molecular complexity index is 219. The third kappa shape index (κ3) is 5.60. The van der Waals surface area contributed by atoms with Crippen LogP contribution in [0.2, 0.25) is 0 Å². The molecule has 0 aliphatic rings. The first-order chi connectivity index (χ1) is 5.20. The molecule has 0 saturated carbocycles. The van der Waals surface area contributed by atoms with Gasteiger partial charge in [0.2, 0.25) is 0 Å². The van der Waals surface area contributed by atoms with Crippen LogP contribution in [0.4, 0.5) is 0 Å². The molecule has 0 saturated heterocycles. The highest BCUT2D eigenvalue weighted by atomic mass is 31.1. The molecule has 0 heterocycles. The van der Waals surface area contributed by atoms with Gasteiger partial charge in [-0.1, -0.05) is 5.92 Å². The molecule has 2 atom stereocenters. The van der Waals surface area contributed by atoms with E-state index >= 15 is 0 Å². The van der Waals surface area contributed by atoms with Crippen LogP contribution in [-0.4, -0.2) is 16.9 Å². The van der Waals surface area contributed by atoms with Crippen molar-refractivity contribution in [3.05, 3.63) is 6.08 Å². The van der Waals surface area contributed by atoms with Crippen molar-refractivity contribution < 1.29 is 18.8 Å². The summed E-state index contributed by atoms with van der Waals surface area (Å²) < 4.78 is 14.4. The van der Waals surface area contributed by atoms with Crippen molar-refractivity contribution in [1.29, 1.82) is 0 Å². The van der Waals surface area contributed by atoms with E-state index in [0.29, 0.717) is 0 Å². The normalized spacial score (nSPS) is 14.2. The van der Waals surface area contributed by atoms with Gasteiger partial charge in [-0.3, -0.25) is 9.09 Å². The third-order valence-corrected chi connectivity index (χ3v) is 1.33. The molecule has 0 aromatic rings. The van der Waals surface area contributed by atoms with Crippen LogP contribution in [0.25, 0.3) is 0 Å². The van der Waals surface area contributed by atoms with Gasteiger partial charge in [0.1, 0.15) is 12.0 Å². The van der Waals surface area contributed by atoms with E-state index in [1.807, 2.05) is 0 Å². The number of hydrogen-bond donors (Lipinski definition) is 1. The van der Waals surface area contributed by atoms with E-state index < -0.39 is 14.4 Å². The first-order valence-electron chi connectivity index (χ1n) is 2.75. The summed E-state index contributed by atoms with van der Waals surface area (Å²) in [5.41, 5.74) is 0. The average molecular weight is 174 g/mol. The zero-order valence-corrected chi connectivity index (χ0v) is 6.61. The van der Waals surface area contributed by atoms with Gasteiger partial charge in [-0.05, 0) is 0 Å². The van der Waals surface area contributed by atoms with Crippen LogP contribution in [0.3, 0.4) is 0 Å². The molecule has 2 unspecified atom stereocenters. The number of terminal acetylenes is 1. The highest BCUT2D eigenvalue weighted by Gasteiger charge is 2.04. The lowest BCUT2D eigenvalue weighted by Gasteiger charge is -2.03. The van der Waals surface area contributed by atoms with Gasteiger partial charge in [-0.2, -0.15) is 0 Å². The minimum absolute atomic E-state index is 0.108. The van der Waals surface area contributed by atoms with Crippen molar-refractivity contribution in [2.75, 3.05) is 0 Å². The molecule has 0 fully saturated rings. The summed E-state index contributed by atoms with van der Waals surface area (Å²) in [5, 5.41) is 0. The maximum absolute atomic E-state index is 10.1. The maximum atomic E-state index is 10.1. The van der Waals surface area contributed by atoms with Crippen LogP contribution in [0.1, 0.15) is 6.42 Å². The Balaban J connectivity index is 3.88. The fourth-order valence-electron chi connectivity index (χ4n) is 0.427. The molecule has 0 spiro atoms. The second-order valence-electron chi connectivity index (χ2n) is 1.60. The van der Waals surface area contributed by atoms with Crippen molar-refractivity contribution in [2.24, 2.45) is 0 Å². The van der Waals surface area contributed by atoms with Gasteiger partial charge in [-0.15, -0.1) is 6.42 Å². The Labute approximate surface area is 64.8 Å². The third-order valence-electron chi connectivity index (χ3n) is 0.844. The van der Waals surface area contributed by atoms with E-state index in [2.05, 4.69) is 10.4 Å². The minimum Gasteiger partial charge on any atom is -0.326 e. The van der Waals surface area contributed by atoms with E-state index in [4.69, 9.17) is 11.3 Å². The molecule has 0 aromatic heterocycles. The summed E-state index contributed by atoms with van der Waals surface area (Å²) in [6.07, 6.45) is 5.31. The molecule has 5 heteroatoms. The Kier molecular flexibility index (Phi) is 5.46. The monoisotopic (exact) mass is 174 g/mol. The molecule has 60 valence electrons. The summed E-state index contributed by atoms with van der Waals surface area (Å²) in [6.45, 7) is 0. The van der Waals surface area contributed by atoms with E-state index in [1.165, 1.54) is 5.94 Å². The van der Waals surface area contributed by atoms with Crippen LogP contribution < -0.4 is 0 Å². The Hall–Kier alpha value is -0.840. The molecule has 0 aromatic carbocycles. The highest BCUT2D eigenvalue weighted by molar-refractivity contribution is 7.32. The van der Waals surface area contributed by atoms with E-state index in [9.17, 15) is 9.36 Å². The molecule has 0 amide bonds. The Morgan fingerprint density at radius 2 is 2.45 bits per heavy atom. The standard InChI is InChI=1S/C6H7O4P/c1-2-6(4-3-5-7)10-11(8)9/h1,3,6,11H,4H2,(H,8,9). The van der Waals surface area contributed by atoms with Gasteiger partial charge < -0.3 is 4.89 Å². The summed E-state index contributed by atoms with van der Waals surface area (Å²) >= 11 is 0. The predicted octanol–water partition coefficient (Wildman–Crippen LogP) is 0.165. The van der Waals surface area contributed by atoms with E-state index in [1.54, 1.807) is 0 Å². The van der Waals surface area contributed by atoms with Crippen LogP contribution in [-0.2, 0) is 13.9 Å². The van der Waals surface area contributed by atoms with Crippen molar-refractivity contribution in [1.82, 2.24) is 0 Å². The number of hydrogen-bond acceptors (Lipinski definition) is 3. The SMILES string of the molecule is C#CC(CC=C=O)O[PH](=O)O. The van der Waals surface area contributed by atoms with Crippen LogP contribution in [0.15, 0.2) is 6.08 Å². The van der Waals surface area contributed by atoms with Crippen molar-refractivity contribution in [3.63, 3.8) is 0 Å². The molecule has 11 heavy (non-hydrogen) atoms. The molecule has 0 aliphatic heterocycles. The van der Waals surface area contributed by atoms with Crippen LogP contribution in [0, 0.1) is 12.3 Å². The van der Waals surface area contributed by atoms with Crippen molar-refractivity contribution in [2.45, 2.75) is 12.5 Å². The summed E-state index contributed by atoms with van der Waals surface area (Å²) in [5.74, 6) is 3.58. The molecule has 0 radical (unpaired) electrons. The minimum atomic E-state index is -3.02. The average Bonchev–Trinajstić information content (AvgIpc) is 1.97. The predicted molar refractivity (Wildman–Crippen MR) is 39.8 cm³/mol. The van der Waals surface area contributed by atoms with Gasteiger partial charge in [0.15, 0.2) is 0 Å². The first kappa shape index (κ1) is 10.2. The smallest absolute Gasteiger partial charge is 0.317 e. The van der Waals surface area contributed by atoms with Gasteiger partial charge in [0, 0.05) is 12.5 Å². The molecular weight excluding hydrogens is 167 g/mol. The van der Waals surface area contributed by atoms with E-state index in [-0.39, 0.29) is 6.42 Å². The van der Waals surface area contributed by atoms with Crippen molar-refractivity contribution in [3.8, 4) is 12.3 Å². The summed E-state index contributed by atoms with van der Waals surface area (Å²) in [6, 6.07) is 0. The molecule has 1 N–H and O–H groups in total. The Morgan fingerprint density at radius 3 is 2.82 bits per heavy atom. The maximum Gasteiger partial charge on any atom is 0.317 e. The largest absolute Gasteiger partial charge is 0.326 e. The molecule has 0 aliphatic carbocycles. The lowest BCUT2D eigenvalue weighted by atomic mass is 10.3. The van der Waals surface area contributed by atoms with E-state index in [0.717, 1.165) is 6.08 Å². The molecule has 0 rings (SSSR count). The zero-order chi connectivity index (χ0) is 8.69. The topological polar surface area (TPSA) is 63.6 Å². The molecular formula is C6H7O4P. The number of carbonyl (C=O) groups excluding carboxylic acids is 1. The number of rotatable bonds is 4. The first-order valence-corrected chi connectivity index (χ1v) is 4.02. The lowest BCUT2D eigenvalue weighted by molar-refractivity contribution is 0.239. The van der Waals surface area contributed by atoms with Crippen LogP contribution >= 0.6 is 8.25 Å². The second-order valence-corrected chi connectivity index (χ2v) is 2.36. The quantitative estimate of drug-likeness (QED) is 0.374. The Morgan fingerprint density at radius 1 is 1.82 bits per heavy atom. The fourth-order valence-corrected chi connectivity index (χ4v) is 0.835.